The predicted molar refractivity (Wildman–Crippen MR) is 102 cm³/mol. The zero-order chi connectivity index (χ0) is 20.3. The third-order valence-corrected chi connectivity index (χ3v) is 5.70. The number of benzene rings is 1. The van der Waals surface area contributed by atoms with E-state index in [0.717, 1.165) is 5.56 Å². The van der Waals surface area contributed by atoms with Crippen LogP contribution in [0.3, 0.4) is 0 Å². The highest BCUT2D eigenvalue weighted by atomic mass is 19.1. The number of hydrogen-bond acceptors (Lipinski definition) is 6. The van der Waals surface area contributed by atoms with Crippen LogP contribution < -0.4 is 5.32 Å². The highest BCUT2D eigenvalue weighted by molar-refractivity contribution is 5.38. The molecule has 144 valence electrons. The van der Waals surface area contributed by atoms with E-state index in [1.807, 2.05) is 13.8 Å². The molecule has 7 heteroatoms. The number of nitrogens with one attached hydrogen (secondary N) is 1. The normalized spacial score (nSPS) is 19.9. The molecule has 0 radical (unpaired) electrons. The van der Waals surface area contributed by atoms with Gasteiger partial charge in [0.25, 0.3) is 0 Å². The molecule has 1 aromatic carbocycles. The summed E-state index contributed by atoms with van der Waals surface area (Å²) in [5.41, 5.74) is 1.72. The van der Waals surface area contributed by atoms with Crippen LogP contribution in [0.5, 0.6) is 0 Å². The van der Waals surface area contributed by atoms with Crippen molar-refractivity contribution in [3.05, 3.63) is 52.6 Å². The number of aliphatic hydroxyl groups is 1. The van der Waals surface area contributed by atoms with Gasteiger partial charge < -0.3 is 10.4 Å². The lowest BCUT2D eigenvalue weighted by molar-refractivity contribution is -0.0978. The van der Waals surface area contributed by atoms with Gasteiger partial charge in [0.15, 0.2) is 0 Å². The van der Waals surface area contributed by atoms with E-state index >= 15 is 0 Å². The number of halogens is 1. The number of nitrogens with zero attached hydrogens (tertiary/aromatic N) is 4. The Morgan fingerprint density at radius 1 is 1.29 bits per heavy atom. The van der Waals surface area contributed by atoms with Crippen molar-refractivity contribution in [1.82, 2.24) is 9.97 Å². The van der Waals surface area contributed by atoms with Gasteiger partial charge in [0.1, 0.15) is 18.0 Å². The van der Waals surface area contributed by atoms with Crippen LogP contribution in [0.2, 0.25) is 0 Å². The minimum absolute atomic E-state index is 0.0285. The first-order chi connectivity index (χ1) is 13.3. The van der Waals surface area contributed by atoms with Crippen LogP contribution in [0.25, 0.3) is 0 Å². The summed E-state index contributed by atoms with van der Waals surface area (Å²) in [5, 5.41) is 31.1. The first-order valence-corrected chi connectivity index (χ1v) is 9.21. The van der Waals surface area contributed by atoms with Crippen molar-refractivity contribution in [3.63, 3.8) is 0 Å². The molecule has 1 aliphatic carbocycles. The van der Waals surface area contributed by atoms with Crippen molar-refractivity contribution in [2.45, 2.75) is 39.2 Å². The summed E-state index contributed by atoms with van der Waals surface area (Å²) in [6.07, 6.45) is 3.05. The molecule has 6 nitrogen and oxygen atoms in total. The second-order valence-electron chi connectivity index (χ2n) is 7.74. The maximum absolute atomic E-state index is 13.7. The average Bonchev–Trinajstić information content (AvgIpc) is 2.68. The Bertz CT molecular complexity index is 960. The fraction of sp³-hybridized carbons (Fsp3) is 0.429. The fourth-order valence-electron chi connectivity index (χ4n) is 3.44. The highest BCUT2D eigenvalue weighted by Crippen LogP contribution is 2.47. The maximum Gasteiger partial charge on any atom is 0.222 e. The Labute approximate surface area is 163 Å². The molecule has 2 atom stereocenters. The Morgan fingerprint density at radius 2 is 2.04 bits per heavy atom. The lowest BCUT2D eigenvalue weighted by Gasteiger charge is -2.49. The van der Waals surface area contributed by atoms with Crippen molar-refractivity contribution in [2.24, 2.45) is 11.3 Å². The van der Waals surface area contributed by atoms with Crippen molar-refractivity contribution in [1.29, 1.82) is 10.5 Å². The minimum Gasteiger partial charge on any atom is -0.393 e. The van der Waals surface area contributed by atoms with Crippen LogP contribution in [0, 0.1) is 39.8 Å². The van der Waals surface area contributed by atoms with Gasteiger partial charge in [-0.3, -0.25) is 0 Å². The van der Waals surface area contributed by atoms with E-state index in [9.17, 15) is 14.8 Å². The first-order valence-electron chi connectivity index (χ1n) is 9.21. The van der Waals surface area contributed by atoms with Gasteiger partial charge in [0, 0.05) is 6.54 Å². The summed E-state index contributed by atoms with van der Waals surface area (Å²) in [5.74, 6) is 0.155. The molecular weight excluding hydrogens is 357 g/mol. The maximum atomic E-state index is 13.7. The van der Waals surface area contributed by atoms with Gasteiger partial charge in [-0.05, 0) is 48.3 Å². The molecule has 2 N–H and O–H groups in total. The Morgan fingerprint density at radius 3 is 2.64 bits per heavy atom. The molecule has 0 unspecified atom stereocenters. The van der Waals surface area contributed by atoms with Gasteiger partial charge in [-0.2, -0.15) is 10.5 Å². The molecule has 1 aromatic heterocycles. The second kappa shape index (κ2) is 7.92. The van der Waals surface area contributed by atoms with Crippen LogP contribution >= 0.6 is 0 Å². The molecule has 0 saturated heterocycles. The van der Waals surface area contributed by atoms with E-state index in [4.69, 9.17) is 5.26 Å². The fourth-order valence-corrected chi connectivity index (χ4v) is 3.44. The molecular formula is C21H22FN5O. The Kier molecular flexibility index (Phi) is 5.58. The zero-order valence-electron chi connectivity index (χ0n) is 15.9. The summed E-state index contributed by atoms with van der Waals surface area (Å²) in [6.45, 7) is 4.54. The molecule has 2 aromatic rings. The largest absolute Gasteiger partial charge is 0.393 e. The second-order valence-corrected chi connectivity index (χ2v) is 7.74. The monoisotopic (exact) mass is 379 g/mol. The van der Waals surface area contributed by atoms with Crippen molar-refractivity contribution < 1.29 is 9.50 Å². The molecule has 0 spiro atoms. The number of aromatic nitrogens is 2. The average molecular weight is 379 g/mol. The summed E-state index contributed by atoms with van der Waals surface area (Å²) >= 11 is 0. The third kappa shape index (κ3) is 3.95. The van der Waals surface area contributed by atoms with E-state index in [-0.39, 0.29) is 23.0 Å². The van der Waals surface area contributed by atoms with Crippen LogP contribution in [-0.2, 0) is 12.8 Å². The first kappa shape index (κ1) is 19.7. The van der Waals surface area contributed by atoms with Gasteiger partial charge in [-0.15, -0.1) is 0 Å². The van der Waals surface area contributed by atoms with Crippen LogP contribution in [0.15, 0.2) is 24.4 Å². The van der Waals surface area contributed by atoms with Crippen LogP contribution in [0.4, 0.5) is 10.3 Å². The van der Waals surface area contributed by atoms with Gasteiger partial charge in [0.05, 0.1) is 29.1 Å². The molecule has 1 heterocycles. The van der Waals surface area contributed by atoms with Crippen molar-refractivity contribution >= 4 is 5.95 Å². The van der Waals surface area contributed by atoms with E-state index < -0.39 is 5.82 Å². The topological polar surface area (TPSA) is 106 Å². The number of rotatable bonds is 6. The predicted octanol–water partition coefficient (Wildman–Crippen LogP) is 2.96. The van der Waals surface area contributed by atoms with E-state index in [1.165, 1.54) is 18.3 Å². The number of hydrogen-bond donors (Lipinski definition) is 2. The molecule has 28 heavy (non-hydrogen) atoms. The summed E-state index contributed by atoms with van der Waals surface area (Å²) in [7, 11) is 0. The minimum atomic E-state index is -0.526. The zero-order valence-corrected chi connectivity index (χ0v) is 15.9. The van der Waals surface area contributed by atoms with Crippen LogP contribution in [-0.4, -0.2) is 27.7 Å². The van der Waals surface area contributed by atoms with Crippen LogP contribution in [0.1, 0.15) is 42.7 Å². The standard InChI is InChI=1S/C21H22FN5O/c1-21(2)16(9-19(21)28)8-18-15(11-24)12-26-20(27-18)25-6-5-13-3-4-14(10-23)17(22)7-13/h3-4,7,12,16,19,28H,5-6,8-9H2,1-2H3,(H,25,26,27)/t16-,19+/m1/s1. The molecule has 0 amide bonds. The molecule has 1 aliphatic rings. The highest BCUT2D eigenvalue weighted by Gasteiger charge is 2.47. The number of anilines is 1. The summed E-state index contributed by atoms with van der Waals surface area (Å²) in [4.78, 5) is 8.67. The Hall–Kier alpha value is -3.03. The smallest absolute Gasteiger partial charge is 0.222 e. The van der Waals surface area contributed by atoms with Gasteiger partial charge in [-0.1, -0.05) is 19.9 Å². The summed E-state index contributed by atoms with van der Waals surface area (Å²) in [6, 6.07) is 8.48. The molecule has 1 saturated carbocycles. The van der Waals surface area contributed by atoms with Gasteiger partial charge in [-0.25, -0.2) is 14.4 Å². The molecule has 1 fully saturated rings. The third-order valence-electron chi connectivity index (χ3n) is 5.70. The summed E-state index contributed by atoms with van der Waals surface area (Å²) < 4.78 is 13.7. The van der Waals surface area contributed by atoms with E-state index in [0.29, 0.717) is 43.0 Å². The number of nitriles is 2. The molecule has 0 aliphatic heterocycles. The Balaban J connectivity index is 1.64. The lowest BCUT2D eigenvalue weighted by atomic mass is 9.58. The van der Waals surface area contributed by atoms with Gasteiger partial charge >= 0.3 is 0 Å². The molecule has 0 bridgehead atoms. The van der Waals surface area contributed by atoms with Crippen molar-refractivity contribution in [3.8, 4) is 12.1 Å². The lowest BCUT2D eigenvalue weighted by Crippen LogP contribution is -2.50. The van der Waals surface area contributed by atoms with Gasteiger partial charge in [0.2, 0.25) is 5.95 Å². The van der Waals surface area contributed by atoms with E-state index in [1.54, 1.807) is 12.1 Å². The quantitative estimate of drug-likeness (QED) is 0.799. The van der Waals surface area contributed by atoms with Crippen molar-refractivity contribution in [2.75, 3.05) is 11.9 Å². The molecule has 3 rings (SSSR count). The number of aliphatic hydroxyl groups excluding tert-OH is 1. The SMILES string of the molecule is CC1(C)[C@H](Cc2nc(NCCc3ccc(C#N)c(F)c3)ncc2C#N)C[C@@H]1O. The van der Waals surface area contributed by atoms with E-state index in [2.05, 4.69) is 21.4 Å².